The zero-order chi connectivity index (χ0) is 23.9. The van der Waals surface area contributed by atoms with Crippen molar-refractivity contribution in [3.05, 3.63) is 70.8 Å². The van der Waals surface area contributed by atoms with E-state index in [4.69, 9.17) is 0 Å². The van der Waals surface area contributed by atoms with Crippen LogP contribution in [0, 0.1) is 41.0 Å². The van der Waals surface area contributed by atoms with Crippen LogP contribution in [0.15, 0.2) is 36.4 Å². The van der Waals surface area contributed by atoms with Crippen molar-refractivity contribution < 1.29 is 30.7 Å². The summed E-state index contributed by atoms with van der Waals surface area (Å²) in [6, 6.07) is 7.00. The SMILES string of the molecule is CC1CCC(c2cc(F)c(-c3ccc4c(F)c(C#CC(F)(F)F)c(F)cc4c3)c(F)c2)CC1. The van der Waals surface area contributed by atoms with E-state index >= 15 is 0 Å². The summed E-state index contributed by atoms with van der Waals surface area (Å²) in [5.41, 5.74) is -0.691. The number of hydrogen-bond acceptors (Lipinski definition) is 0. The maximum Gasteiger partial charge on any atom is 0.458 e. The zero-order valence-corrected chi connectivity index (χ0v) is 17.6. The first-order valence-electron chi connectivity index (χ1n) is 10.5. The first-order valence-corrected chi connectivity index (χ1v) is 10.5. The van der Waals surface area contributed by atoms with Crippen LogP contribution < -0.4 is 0 Å². The third kappa shape index (κ3) is 4.85. The molecule has 0 N–H and O–H groups in total. The predicted octanol–water partition coefficient (Wildman–Crippen LogP) is 8.27. The first kappa shape index (κ1) is 23.2. The van der Waals surface area contributed by atoms with Crippen LogP contribution in [-0.2, 0) is 0 Å². The molecule has 0 radical (unpaired) electrons. The molecule has 0 heterocycles. The number of fused-ring (bicyclic) bond motifs is 1. The van der Waals surface area contributed by atoms with E-state index < -0.39 is 35.0 Å². The Bertz CT molecular complexity index is 1250. The highest BCUT2D eigenvalue weighted by Gasteiger charge is 2.25. The van der Waals surface area contributed by atoms with Crippen molar-refractivity contribution in [2.75, 3.05) is 0 Å². The molecular weight excluding hydrogens is 445 g/mol. The van der Waals surface area contributed by atoms with Crippen LogP contribution >= 0.6 is 0 Å². The van der Waals surface area contributed by atoms with Crippen molar-refractivity contribution in [3.8, 4) is 23.0 Å². The van der Waals surface area contributed by atoms with E-state index in [1.165, 1.54) is 30.2 Å². The summed E-state index contributed by atoms with van der Waals surface area (Å²) in [5, 5.41) is -0.260. The first-order chi connectivity index (χ1) is 15.5. The number of benzene rings is 3. The molecule has 0 spiro atoms. The molecular formula is C26H19F7. The van der Waals surface area contributed by atoms with Gasteiger partial charge in [0.2, 0.25) is 0 Å². The number of rotatable bonds is 2. The van der Waals surface area contributed by atoms with Gasteiger partial charge in [-0.05, 0) is 65.5 Å². The largest absolute Gasteiger partial charge is 0.458 e. The smallest absolute Gasteiger partial charge is 0.206 e. The van der Waals surface area contributed by atoms with Gasteiger partial charge >= 0.3 is 6.18 Å². The monoisotopic (exact) mass is 464 g/mol. The summed E-state index contributed by atoms with van der Waals surface area (Å²) < 4.78 is 95.7. The normalized spacial score (nSPS) is 18.8. The molecule has 0 nitrogen and oxygen atoms in total. The lowest BCUT2D eigenvalue weighted by atomic mass is 9.79. The van der Waals surface area contributed by atoms with Crippen molar-refractivity contribution >= 4 is 10.8 Å². The summed E-state index contributed by atoms with van der Waals surface area (Å²) in [4.78, 5) is 0. The average molecular weight is 464 g/mol. The number of hydrogen-bond donors (Lipinski definition) is 0. The Morgan fingerprint density at radius 2 is 1.45 bits per heavy atom. The number of alkyl halides is 3. The minimum Gasteiger partial charge on any atom is -0.206 e. The Morgan fingerprint density at radius 3 is 2.06 bits per heavy atom. The second kappa shape index (κ2) is 8.74. The molecule has 1 aliphatic carbocycles. The van der Waals surface area contributed by atoms with E-state index in [0.717, 1.165) is 43.7 Å². The molecule has 33 heavy (non-hydrogen) atoms. The molecule has 1 saturated carbocycles. The van der Waals surface area contributed by atoms with Gasteiger partial charge in [0.25, 0.3) is 0 Å². The molecule has 1 fully saturated rings. The maximum atomic E-state index is 15.0. The second-order valence-corrected chi connectivity index (χ2v) is 8.55. The average Bonchev–Trinajstić information content (AvgIpc) is 2.72. The standard InChI is InChI=1S/C26H19F7/c1-14-2-4-15(5-3-14)17-11-22(28)24(23(29)12-17)16-6-7-19-18(10-16)13-21(27)20(25(19)30)8-9-26(31,32)33/h6-7,10-15H,2-5H2,1H3. The minimum atomic E-state index is -4.91. The van der Waals surface area contributed by atoms with Gasteiger partial charge in [-0.25, -0.2) is 17.6 Å². The van der Waals surface area contributed by atoms with Crippen molar-refractivity contribution in [3.63, 3.8) is 0 Å². The van der Waals surface area contributed by atoms with E-state index in [9.17, 15) is 30.7 Å². The van der Waals surface area contributed by atoms with Crippen molar-refractivity contribution in [1.29, 1.82) is 0 Å². The molecule has 0 atom stereocenters. The fourth-order valence-electron chi connectivity index (χ4n) is 4.43. The van der Waals surface area contributed by atoms with Crippen LogP contribution in [0.25, 0.3) is 21.9 Å². The molecule has 172 valence electrons. The fraction of sp³-hybridized carbons (Fsp3) is 0.308. The van der Waals surface area contributed by atoms with Gasteiger partial charge in [0, 0.05) is 11.3 Å². The second-order valence-electron chi connectivity index (χ2n) is 8.55. The predicted molar refractivity (Wildman–Crippen MR) is 113 cm³/mol. The van der Waals surface area contributed by atoms with E-state index in [1.54, 1.807) is 0 Å². The third-order valence-electron chi connectivity index (χ3n) is 6.20. The van der Waals surface area contributed by atoms with Crippen LogP contribution in [0.1, 0.15) is 49.7 Å². The summed E-state index contributed by atoms with van der Waals surface area (Å²) in [6.45, 7) is 2.15. The Hall–Kier alpha value is -3.01. The minimum absolute atomic E-state index is 0.0517. The molecule has 3 aromatic rings. The molecule has 0 aliphatic heterocycles. The molecule has 3 aromatic carbocycles. The Labute approximate surface area is 186 Å². The van der Waals surface area contributed by atoms with Gasteiger partial charge in [0.1, 0.15) is 23.3 Å². The topological polar surface area (TPSA) is 0 Å². The third-order valence-corrected chi connectivity index (χ3v) is 6.20. The highest BCUT2D eigenvalue weighted by Crippen LogP contribution is 2.38. The lowest BCUT2D eigenvalue weighted by Gasteiger charge is -2.26. The molecule has 0 saturated heterocycles. The van der Waals surface area contributed by atoms with E-state index in [0.29, 0.717) is 11.5 Å². The van der Waals surface area contributed by atoms with Crippen LogP contribution in [0.4, 0.5) is 30.7 Å². The van der Waals surface area contributed by atoms with Crippen LogP contribution in [0.5, 0.6) is 0 Å². The summed E-state index contributed by atoms with van der Waals surface area (Å²) in [5.74, 6) is -1.14. The van der Waals surface area contributed by atoms with Gasteiger partial charge in [0.15, 0.2) is 0 Å². The van der Waals surface area contributed by atoms with Crippen molar-refractivity contribution in [2.24, 2.45) is 5.92 Å². The highest BCUT2D eigenvalue weighted by atomic mass is 19.4. The van der Waals surface area contributed by atoms with Gasteiger partial charge < -0.3 is 0 Å². The van der Waals surface area contributed by atoms with Gasteiger partial charge in [-0.1, -0.05) is 37.8 Å². The van der Waals surface area contributed by atoms with Crippen LogP contribution in [-0.4, -0.2) is 6.18 Å². The summed E-state index contributed by atoms with van der Waals surface area (Å²) >= 11 is 0. The lowest BCUT2D eigenvalue weighted by Crippen LogP contribution is -2.11. The van der Waals surface area contributed by atoms with E-state index in [2.05, 4.69) is 6.92 Å². The molecule has 7 heteroatoms. The maximum absolute atomic E-state index is 15.0. The van der Waals surface area contributed by atoms with Crippen LogP contribution in [0.3, 0.4) is 0 Å². The van der Waals surface area contributed by atoms with Crippen LogP contribution in [0.2, 0.25) is 0 Å². The van der Waals surface area contributed by atoms with Gasteiger partial charge in [-0.3, -0.25) is 0 Å². The summed E-state index contributed by atoms with van der Waals surface area (Å²) in [7, 11) is 0. The van der Waals surface area contributed by atoms with Gasteiger partial charge in [-0.15, -0.1) is 0 Å². The highest BCUT2D eigenvalue weighted by molar-refractivity contribution is 5.89. The number of halogens is 7. The van der Waals surface area contributed by atoms with Gasteiger partial charge in [-0.2, -0.15) is 13.2 Å². The van der Waals surface area contributed by atoms with Crippen molar-refractivity contribution in [2.45, 2.75) is 44.7 Å². The molecule has 0 aromatic heterocycles. The van der Waals surface area contributed by atoms with E-state index in [1.807, 2.05) is 0 Å². The molecule has 0 amide bonds. The summed E-state index contributed by atoms with van der Waals surface area (Å²) in [6.07, 6.45) is -1.21. The Kier molecular flexibility index (Phi) is 6.13. The van der Waals surface area contributed by atoms with Gasteiger partial charge in [0.05, 0.1) is 11.1 Å². The van der Waals surface area contributed by atoms with E-state index in [-0.39, 0.29) is 27.8 Å². The molecule has 4 rings (SSSR count). The Morgan fingerprint density at radius 1 is 0.818 bits per heavy atom. The Balaban J connectivity index is 1.74. The molecule has 0 unspecified atom stereocenters. The quantitative estimate of drug-likeness (QED) is 0.265. The zero-order valence-electron chi connectivity index (χ0n) is 17.6. The molecule has 0 bridgehead atoms. The lowest BCUT2D eigenvalue weighted by molar-refractivity contribution is -0.0696. The molecule has 1 aliphatic rings. The van der Waals surface area contributed by atoms with Crippen molar-refractivity contribution in [1.82, 2.24) is 0 Å². The fourth-order valence-corrected chi connectivity index (χ4v) is 4.43.